The van der Waals surface area contributed by atoms with E-state index in [0.29, 0.717) is 6.54 Å². The molecule has 3 nitrogen and oxygen atoms in total. The molecule has 1 aliphatic heterocycles. The second-order valence-corrected chi connectivity index (χ2v) is 4.60. The van der Waals surface area contributed by atoms with Gasteiger partial charge in [0, 0.05) is 24.8 Å². The topological polar surface area (TPSA) is 35.5 Å². The molecule has 0 aliphatic carbocycles. The van der Waals surface area contributed by atoms with Crippen molar-refractivity contribution < 1.29 is 9.50 Å². The third kappa shape index (κ3) is 2.58. The summed E-state index contributed by atoms with van der Waals surface area (Å²) in [6.07, 6.45) is 0.517. The molecule has 0 spiro atoms. The monoisotopic (exact) mass is 238 g/mol. The maximum absolute atomic E-state index is 13.3. The average Bonchev–Trinajstić information content (AvgIpc) is 2.74. The van der Waals surface area contributed by atoms with Gasteiger partial charge < -0.3 is 15.3 Å². The molecule has 2 rings (SSSR count). The van der Waals surface area contributed by atoms with Gasteiger partial charge in [0.05, 0.1) is 6.10 Å². The van der Waals surface area contributed by atoms with Crippen molar-refractivity contribution in [3.63, 3.8) is 0 Å². The lowest BCUT2D eigenvalue weighted by molar-refractivity contribution is 0.198. The number of aliphatic hydroxyl groups excluding tert-OH is 1. The van der Waals surface area contributed by atoms with E-state index in [-0.39, 0.29) is 18.0 Å². The van der Waals surface area contributed by atoms with E-state index in [1.807, 2.05) is 14.0 Å². The highest BCUT2D eigenvalue weighted by atomic mass is 19.1. The molecule has 0 aromatic heterocycles. The van der Waals surface area contributed by atoms with Crippen molar-refractivity contribution in [2.75, 3.05) is 25.0 Å². The molecule has 4 heteroatoms. The summed E-state index contributed by atoms with van der Waals surface area (Å²) in [7, 11) is 1.86. The summed E-state index contributed by atoms with van der Waals surface area (Å²) in [4.78, 5) is 2.12. The number of aliphatic hydroxyl groups is 1. The van der Waals surface area contributed by atoms with Gasteiger partial charge in [-0.1, -0.05) is 0 Å². The summed E-state index contributed by atoms with van der Waals surface area (Å²) in [5.41, 5.74) is 1.96. The van der Waals surface area contributed by atoms with E-state index >= 15 is 0 Å². The molecule has 0 saturated carbocycles. The van der Waals surface area contributed by atoms with Crippen LogP contribution in [0.3, 0.4) is 0 Å². The molecular formula is C13H19FN2O. The van der Waals surface area contributed by atoms with Gasteiger partial charge in [-0.2, -0.15) is 0 Å². The molecule has 94 valence electrons. The minimum atomic E-state index is -0.266. The SMILES string of the molecule is CNC(C)c1cc(F)ccc1N1CCC(O)C1. The first-order valence-corrected chi connectivity index (χ1v) is 6.01. The van der Waals surface area contributed by atoms with E-state index in [9.17, 15) is 9.50 Å². The van der Waals surface area contributed by atoms with Gasteiger partial charge in [-0.3, -0.25) is 0 Å². The Morgan fingerprint density at radius 1 is 1.53 bits per heavy atom. The van der Waals surface area contributed by atoms with Gasteiger partial charge in [-0.05, 0) is 44.2 Å². The Hall–Kier alpha value is -1.13. The lowest BCUT2D eigenvalue weighted by Gasteiger charge is -2.24. The highest BCUT2D eigenvalue weighted by Gasteiger charge is 2.23. The molecule has 1 aliphatic rings. The summed E-state index contributed by atoms with van der Waals surface area (Å²) in [5.74, 6) is -0.217. The van der Waals surface area contributed by atoms with Crippen molar-refractivity contribution in [3.05, 3.63) is 29.6 Å². The van der Waals surface area contributed by atoms with Gasteiger partial charge >= 0.3 is 0 Å². The Morgan fingerprint density at radius 2 is 2.29 bits per heavy atom. The van der Waals surface area contributed by atoms with Gasteiger partial charge in [0.2, 0.25) is 0 Å². The Bertz CT molecular complexity index is 397. The van der Waals surface area contributed by atoms with Crippen LogP contribution in [0.25, 0.3) is 0 Å². The molecule has 1 saturated heterocycles. The highest BCUT2D eigenvalue weighted by molar-refractivity contribution is 5.56. The highest BCUT2D eigenvalue weighted by Crippen LogP contribution is 2.29. The van der Waals surface area contributed by atoms with E-state index < -0.39 is 0 Å². The van der Waals surface area contributed by atoms with Crippen molar-refractivity contribution >= 4 is 5.69 Å². The summed E-state index contributed by atoms with van der Waals surface area (Å²) in [6.45, 7) is 3.47. The van der Waals surface area contributed by atoms with Crippen LogP contribution in [0.5, 0.6) is 0 Å². The van der Waals surface area contributed by atoms with Gasteiger partial charge in [0.1, 0.15) is 5.82 Å². The van der Waals surface area contributed by atoms with E-state index in [4.69, 9.17) is 0 Å². The summed E-state index contributed by atoms with van der Waals surface area (Å²) >= 11 is 0. The quantitative estimate of drug-likeness (QED) is 0.841. The van der Waals surface area contributed by atoms with Gasteiger partial charge in [0.25, 0.3) is 0 Å². The number of rotatable bonds is 3. The van der Waals surface area contributed by atoms with Crippen LogP contribution in [0.4, 0.5) is 10.1 Å². The van der Waals surface area contributed by atoms with Crippen molar-refractivity contribution in [2.24, 2.45) is 0 Å². The standard InChI is InChI=1S/C13H19FN2O/c1-9(15-2)12-7-10(14)3-4-13(12)16-6-5-11(17)8-16/h3-4,7,9,11,15,17H,5-6,8H2,1-2H3. The smallest absolute Gasteiger partial charge is 0.123 e. The number of hydrogen-bond donors (Lipinski definition) is 2. The molecule has 1 aromatic rings. The van der Waals surface area contributed by atoms with E-state index in [2.05, 4.69) is 10.2 Å². The van der Waals surface area contributed by atoms with Crippen LogP contribution in [-0.4, -0.2) is 31.3 Å². The molecule has 2 N–H and O–H groups in total. The van der Waals surface area contributed by atoms with Crippen molar-refractivity contribution in [1.82, 2.24) is 5.32 Å². The lowest BCUT2D eigenvalue weighted by atomic mass is 10.1. The van der Waals surface area contributed by atoms with Crippen molar-refractivity contribution in [1.29, 1.82) is 0 Å². The maximum atomic E-state index is 13.3. The molecule has 2 atom stereocenters. The summed E-state index contributed by atoms with van der Waals surface area (Å²) in [5, 5.41) is 12.7. The predicted molar refractivity (Wildman–Crippen MR) is 66.7 cm³/mol. The fourth-order valence-corrected chi connectivity index (χ4v) is 2.28. The number of β-amino-alcohol motifs (C(OH)–C–C–N with tert-alkyl or cyclic N) is 1. The van der Waals surface area contributed by atoms with Crippen LogP contribution in [0.15, 0.2) is 18.2 Å². The Kier molecular flexibility index (Phi) is 3.64. The molecule has 1 fully saturated rings. The van der Waals surface area contributed by atoms with Crippen LogP contribution in [0.2, 0.25) is 0 Å². The first-order chi connectivity index (χ1) is 8.11. The predicted octanol–water partition coefficient (Wildman–Crippen LogP) is 1.68. The normalized spacial score (nSPS) is 21.9. The number of halogens is 1. The van der Waals surface area contributed by atoms with Crippen molar-refractivity contribution in [3.8, 4) is 0 Å². The Morgan fingerprint density at radius 3 is 2.88 bits per heavy atom. The minimum Gasteiger partial charge on any atom is -0.391 e. The van der Waals surface area contributed by atoms with Crippen LogP contribution >= 0.6 is 0 Å². The van der Waals surface area contributed by atoms with E-state index in [1.54, 1.807) is 12.1 Å². The van der Waals surface area contributed by atoms with Crippen LogP contribution in [0, 0.1) is 5.82 Å². The first kappa shape index (κ1) is 12.3. The van der Waals surface area contributed by atoms with Crippen molar-refractivity contribution in [2.45, 2.75) is 25.5 Å². The molecular weight excluding hydrogens is 219 g/mol. The van der Waals surface area contributed by atoms with Crippen LogP contribution in [-0.2, 0) is 0 Å². The van der Waals surface area contributed by atoms with Gasteiger partial charge in [0.15, 0.2) is 0 Å². The first-order valence-electron chi connectivity index (χ1n) is 6.01. The van der Waals surface area contributed by atoms with Gasteiger partial charge in [-0.25, -0.2) is 4.39 Å². The number of anilines is 1. The van der Waals surface area contributed by atoms with E-state index in [1.165, 1.54) is 6.07 Å². The molecule has 1 aromatic carbocycles. The second kappa shape index (κ2) is 5.02. The summed E-state index contributed by atoms with van der Waals surface area (Å²) in [6, 6.07) is 4.95. The zero-order valence-electron chi connectivity index (χ0n) is 10.3. The summed E-state index contributed by atoms with van der Waals surface area (Å²) < 4.78 is 13.3. The lowest BCUT2D eigenvalue weighted by Crippen LogP contribution is -2.24. The average molecular weight is 238 g/mol. The second-order valence-electron chi connectivity index (χ2n) is 4.60. The fourth-order valence-electron chi connectivity index (χ4n) is 2.28. The number of nitrogens with one attached hydrogen (secondary N) is 1. The van der Waals surface area contributed by atoms with Gasteiger partial charge in [-0.15, -0.1) is 0 Å². The third-order valence-electron chi connectivity index (χ3n) is 3.39. The number of nitrogens with zero attached hydrogens (tertiary/aromatic N) is 1. The van der Waals surface area contributed by atoms with E-state index in [0.717, 1.165) is 24.2 Å². The maximum Gasteiger partial charge on any atom is 0.123 e. The largest absolute Gasteiger partial charge is 0.391 e. The molecule has 0 bridgehead atoms. The molecule has 0 radical (unpaired) electrons. The molecule has 17 heavy (non-hydrogen) atoms. The number of benzene rings is 1. The minimum absolute atomic E-state index is 0.0958. The fraction of sp³-hybridized carbons (Fsp3) is 0.538. The van der Waals surface area contributed by atoms with Crippen LogP contribution in [0.1, 0.15) is 24.9 Å². The Balaban J connectivity index is 2.32. The number of hydrogen-bond acceptors (Lipinski definition) is 3. The third-order valence-corrected chi connectivity index (χ3v) is 3.39. The van der Waals surface area contributed by atoms with Crippen LogP contribution < -0.4 is 10.2 Å². The zero-order valence-corrected chi connectivity index (χ0v) is 10.3. The molecule has 1 heterocycles. The molecule has 0 amide bonds. The molecule has 2 unspecified atom stereocenters. The zero-order chi connectivity index (χ0) is 12.4. The Labute approximate surface area is 101 Å².